The maximum Gasteiger partial charge on any atom is 0.269 e. The molecule has 2 N–H and O–H groups in total. The Morgan fingerprint density at radius 1 is 1.13 bits per heavy atom. The zero-order chi connectivity index (χ0) is 27.7. The van der Waals surface area contributed by atoms with E-state index < -0.39 is 27.0 Å². The van der Waals surface area contributed by atoms with E-state index in [2.05, 4.69) is 15.0 Å². The van der Waals surface area contributed by atoms with E-state index in [0.717, 1.165) is 11.9 Å². The molecule has 39 heavy (non-hydrogen) atoms. The van der Waals surface area contributed by atoms with Crippen LogP contribution in [0.15, 0.2) is 83.4 Å². The van der Waals surface area contributed by atoms with Crippen molar-refractivity contribution in [2.45, 2.75) is 12.1 Å². The highest BCUT2D eigenvalue weighted by Gasteiger charge is 2.43. The van der Waals surface area contributed by atoms with Gasteiger partial charge in [0.1, 0.15) is 23.3 Å². The summed E-state index contributed by atoms with van der Waals surface area (Å²) in [4.78, 5) is 16.9. The molecule has 1 fully saturated rings. The van der Waals surface area contributed by atoms with Gasteiger partial charge in [-0.1, -0.05) is 6.07 Å². The van der Waals surface area contributed by atoms with Crippen molar-refractivity contribution in [1.29, 1.82) is 0 Å². The van der Waals surface area contributed by atoms with Gasteiger partial charge in [0.05, 0.1) is 35.7 Å². The van der Waals surface area contributed by atoms with Crippen molar-refractivity contribution in [3.05, 3.63) is 101 Å². The Kier molecular flexibility index (Phi) is 6.93. The summed E-state index contributed by atoms with van der Waals surface area (Å²) in [6, 6.07) is 19.4. The summed E-state index contributed by atoms with van der Waals surface area (Å²) in [5, 5.41) is 14.8. The van der Waals surface area contributed by atoms with Crippen molar-refractivity contribution in [3.63, 3.8) is 0 Å². The number of hydrogen-bond donors (Lipinski definition) is 2. The third kappa shape index (κ3) is 5.40. The number of nitro groups is 1. The van der Waals surface area contributed by atoms with E-state index in [1.165, 1.54) is 19.2 Å². The van der Waals surface area contributed by atoms with Gasteiger partial charge in [-0.15, -0.1) is 0 Å². The normalized spacial score (nSPS) is 17.1. The van der Waals surface area contributed by atoms with Gasteiger partial charge in [0, 0.05) is 29.6 Å². The minimum Gasteiger partial charge on any atom is -0.495 e. The summed E-state index contributed by atoms with van der Waals surface area (Å²) in [5.41, 5.74) is 2.23. The molecular weight excluding hydrogens is 542 g/mol. The number of anilines is 2. The molecule has 200 valence electrons. The molecule has 0 amide bonds. The summed E-state index contributed by atoms with van der Waals surface area (Å²) in [7, 11) is -2.14. The van der Waals surface area contributed by atoms with Gasteiger partial charge in [-0.05, 0) is 66.8 Å². The van der Waals surface area contributed by atoms with Gasteiger partial charge >= 0.3 is 0 Å². The number of furan rings is 1. The second kappa shape index (κ2) is 10.3. The van der Waals surface area contributed by atoms with Crippen LogP contribution in [0.5, 0.6) is 5.75 Å². The summed E-state index contributed by atoms with van der Waals surface area (Å²) >= 11 is 5.74. The highest BCUT2D eigenvalue weighted by Crippen LogP contribution is 2.44. The molecule has 3 heterocycles. The second-order valence-corrected chi connectivity index (χ2v) is 10.9. The standard InChI is InChI=1S/C26H23N5O6S2/c1-36-22-11-10-18(15-20(22)29-39(2,34)35)30-25(24(28-26(30)38)19-5-3-4-14-27-19)23-13-12-21(37-23)16-6-8-17(9-7-16)31(32)33/h3-15,24-25,29H,1-2H3,(H,28,38)/t24-,25-/m0/s1. The zero-order valence-electron chi connectivity index (χ0n) is 20.8. The number of nitrogens with one attached hydrogen (secondary N) is 2. The molecule has 2 aromatic carbocycles. The van der Waals surface area contributed by atoms with Crippen LogP contribution in [0.4, 0.5) is 17.1 Å². The number of methoxy groups -OCH3 is 1. The van der Waals surface area contributed by atoms with E-state index in [0.29, 0.717) is 33.6 Å². The predicted octanol–water partition coefficient (Wildman–Crippen LogP) is 4.81. The van der Waals surface area contributed by atoms with Crippen molar-refractivity contribution >= 4 is 44.4 Å². The van der Waals surface area contributed by atoms with Gasteiger partial charge in [0.15, 0.2) is 5.11 Å². The summed E-state index contributed by atoms with van der Waals surface area (Å²) in [6.07, 6.45) is 2.75. The summed E-state index contributed by atoms with van der Waals surface area (Å²) in [5.74, 6) is 1.42. The van der Waals surface area contributed by atoms with Gasteiger partial charge in [-0.25, -0.2) is 8.42 Å². The molecular formula is C26H23N5O6S2. The lowest BCUT2D eigenvalue weighted by Gasteiger charge is -2.27. The van der Waals surface area contributed by atoms with E-state index in [-0.39, 0.29) is 11.4 Å². The number of benzene rings is 2. The molecule has 2 aromatic heterocycles. The minimum absolute atomic E-state index is 0.0183. The Bertz CT molecular complexity index is 1640. The maximum absolute atomic E-state index is 12.0. The fourth-order valence-corrected chi connectivity index (χ4v) is 5.37. The zero-order valence-corrected chi connectivity index (χ0v) is 22.4. The lowest BCUT2D eigenvalue weighted by Crippen LogP contribution is -2.29. The van der Waals surface area contributed by atoms with E-state index in [9.17, 15) is 18.5 Å². The van der Waals surface area contributed by atoms with Crippen LogP contribution in [-0.2, 0) is 10.0 Å². The Morgan fingerprint density at radius 2 is 1.90 bits per heavy atom. The van der Waals surface area contributed by atoms with Crippen LogP contribution in [-0.4, -0.2) is 36.8 Å². The van der Waals surface area contributed by atoms with E-state index in [4.69, 9.17) is 21.4 Å². The van der Waals surface area contributed by atoms with Crippen molar-refractivity contribution < 1.29 is 22.5 Å². The van der Waals surface area contributed by atoms with Crippen molar-refractivity contribution in [3.8, 4) is 17.1 Å². The van der Waals surface area contributed by atoms with Crippen LogP contribution in [0.2, 0.25) is 0 Å². The van der Waals surface area contributed by atoms with Crippen molar-refractivity contribution in [1.82, 2.24) is 10.3 Å². The molecule has 0 aliphatic carbocycles. The maximum atomic E-state index is 12.0. The topological polar surface area (TPSA) is 140 Å². The molecule has 0 unspecified atom stereocenters. The third-order valence-electron chi connectivity index (χ3n) is 6.14. The first-order valence-corrected chi connectivity index (χ1v) is 14.0. The van der Waals surface area contributed by atoms with E-state index in [1.54, 1.807) is 42.6 Å². The number of sulfonamides is 1. The molecule has 0 bridgehead atoms. The number of ether oxygens (including phenoxy) is 1. The van der Waals surface area contributed by atoms with Gasteiger partial charge in [-0.3, -0.25) is 19.8 Å². The number of non-ortho nitro benzene ring substituents is 1. The molecule has 0 saturated carbocycles. The van der Waals surface area contributed by atoms with Crippen molar-refractivity contribution in [2.24, 2.45) is 0 Å². The van der Waals surface area contributed by atoms with Crippen molar-refractivity contribution in [2.75, 3.05) is 23.0 Å². The molecule has 1 aliphatic rings. The molecule has 2 atom stereocenters. The highest BCUT2D eigenvalue weighted by atomic mass is 32.2. The van der Waals surface area contributed by atoms with Crippen LogP contribution in [0, 0.1) is 10.1 Å². The predicted molar refractivity (Wildman–Crippen MR) is 150 cm³/mol. The Balaban J connectivity index is 1.59. The first kappa shape index (κ1) is 26.1. The number of nitro benzene ring substituents is 1. The van der Waals surface area contributed by atoms with E-state index >= 15 is 0 Å². The largest absolute Gasteiger partial charge is 0.495 e. The molecule has 11 nitrogen and oxygen atoms in total. The monoisotopic (exact) mass is 565 g/mol. The highest BCUT2D eigenvalue weighted by molar-refractivity contribution is 7.92. The molecule has 4 aromatic rings. The fraction of sp³-hybridized carbons (Fsp3) is 0.154. The lowest BCUT2D eigenvalue weighted by molar-refractivity contribution is -0.384. The molecule has 13 heteroatoms. The summed E-state index contributed by atoms with van der Waals surface area (Å²) in [6.45, 7) is 0. The van der Waals surface area contributed by atoms with Gasteiger partial charge in [-0.2, -0.15) is 0 Å². The molecule has 0 spiro atoms. The van der Waals surface area contributed by atoms with Gasteiger partial charge in [0.25, 0.3) is 5.69 Å². The SMILES string of the molecule is COc1ccc(N2C(=S)N[C@@H](c3ccccn3)[C@@H]2c2ccc(-c3ccc([N+](=O)[O-])cc3)o2)cc1NS(C)(=O)=O. The van der Waals surface area contributed by atoms with Gasteiger partial charge < -0.3 is 19.4 Å². The smallest absolute Gasteiger partial charge is 0.269 e. The number of hydrogen-bond acceptors (Lipinski definition) is 8. The summed E-state index contributed by atoms with van der Waals surface area (Å²) < 4.78 is 38.1. The quantitative estimate of drug-likeness (QED) is 0.174. The number of thiocarbonyl (C=S) groups is 1. The lowest BCUT2D eigenvalue weighted by atomic mass is 10.0. The molecule has 1 aliphatic heterocycles. The Labute approximate surface area is 229 Å². The second-order valence-electron chi connectivity index (χ2n) is 8.76. The third-order valence-corrected chi connectivity index (χ3v) is 7.04. The van der Waals surface area contributed by atoms with Crippen LogP contribution in [0.1, 0.15) is 23.5 Å². The van der Waals surface area contributed by atoms with E-state index in [1.807, 2.05) is 29.2 Å². The minimum atomic E-state index is -3.59. The van der Waals surface area contributed by atoms with Gasteiger partial charge in [0.2, 0.25) is 10.0 Å². The Morgan fingerprint density at radius 3 is 2.54 bits per heavy atom. The molecule has 1 saturated heterocycles. The first-order chi connectivity index (χ1) is 18.6. The van der Waals surface area contributed by atoms with Crippen LogP contribution < -0.4 is 19.7 Å². The van der Waals surface area contributed by atoms with Crippen LogP contribution in [0.3, 0.4) is 0 Å². The fourth-order valence-electron chi connectivity index (χ4n) is 4.46. The Hall–Kier alpha value is -4.49. The average Bonchev–Trinajstić information content (AvgIpc) is 3.53. The van der Waals surface area contributed by atoms with Crippen LogP contribution >= 0.6 is 12.2 Å². The number of pyridine rings is 1. The van der Waals surface area contributed by atoms with Crippen LogP contribution in [0.25, 0.3) is 11.3 Å². The molecule has 5 rings (SSSR count). The first-order valence-electron chi connectivity index (χ1n) is 11.7. The number of aromatic nitrogens is 1. The average molecular weight is 566 g/mol. The molecule has 0 radical (unpaired) electrons. The number of nitrogens with zero attached hydrogens (tertiary/aromatic N) is 3. The number of rotatable bonds is 8.